The Balaban J connectivity index is 2.16. The van der Waals surface area contributed by atoms with E-state index in [0.717, 1.165) is 12.0 Å². The smallest absolute Gasteiger partial charge is 0.410 e. The Hall–Kier alpha value is -2.24. The van der Waals surface area contributed by atoms with Crippen molar-refractivity contribution in [1.29, 1.82) is 0 Å². The quantitative estimate of drug-likeness (QED) is 0.781. The number of benzene rings is 1. The van der Waals surface area contributed by atoms with Gasteiger partial charge in [0.05, 0.1) is 12.6 Å². The van der Waals surface area contributed by atoms with Gasteiger partial charge in [-0.25, -0.2) is 9.59 Å². The lowest BCUT2D eigenvalue weighted by atomic mass is 10.0. The fourth-order valence-corrected chi connectivity index (χ4v) is 2.80. The van der Waals surface area contributed by atoms with Crippen molar-refractivity contribution in [1.82, 2.24) is 4.90 Å². The van der Waals surface area contributed by atoms with Gasteiger partial charge in [0.15, 0.2) is 0 Å². The molecule has 1 N–H and O–H groups in total. The molecule has 1 saturated heterocycles. The van der Waals surface area contributed by atoms with Gasteiger partial charge in [-0.05, 0) is 37.5 Å². The number of carbonyl (C=O) groups is 2. The number of amides is 1. The van der Waals surface area contributed by atoms with Gasteiger partial charge in [-0.3, -0.25) is 4.90 Å². The molecule has 6 heteroatoms. The Bertz CT molecular complexity index is 542. The van der Waals surface area contributed by atoms with Crippen LogP contribution in [0.3, 0.4) is 0 Å². The maximum Gasteiger partial charge on any atom is 0.410 e. The van der Waals surface area contributed by atoms with Gasteiger partial charge in [-0.1, -0.05) is 25.5 Å². The van der Waals surface area contributed by atoms with Crippen LogP contribution in [-0.4, -0.2) is 47.4 Å². The van der Waals surface area contributed by atoms with Crippen LogP contribution in [0.1, 0.15) is 32.3 Å². The normalized spacial score (nSPS) is 18.6. The first-order valence-electron chi connectivity index (χ1n) is 7.96. The van der Waals surface area contributed by atoms with Gasteiger partial charge in [0.2, 0.25) is 0 Å². The lowest BCUT2D eigenvalue weighted by Gasteiger charge is -2.29. The minimum Gasteiger partial charge on any atom is -0.508 e. The van der Waals surface area contributed by atoms with Gasteiger partial charge in [-0.15, -0.1) is 0 Å². The average Bonchev–Trinajstić information content (AvgIpc) is 2.88. The molecule has 1 fully saturated rings. The van der Waals surface area contributed by atoms with Crippen LogP contribution in [0, 0.1) is 0 Å². The Labute approximate surface area is 136 Å². The highest BCUT2D eigenvalue weighted by Gasteiger charge is 2.41. The first-order chi connectivity index (χ1) is 11.1. The molecule has 0 bridgehead atoms. The first kappa shape index (κ1) is 17.1. The summed E-state index contributed by atoms with van der Waals surface area (Å²) in [5.74, 6) is -0.191. The van der Waals surface area contributed by atoms with E-state index in [0.29, 0.717) is 12.8 Å². The standard InChI is InChI=1S/C17H23NO5/c1-3-5-15(16(20)22-4-2)18-13(11-23-17(18)21)10-12-6-8-14(19)9-7-12/h6-9,13,15,19H,3-5,10-11H2,1-2H3/t13-,15?/m0/s1. The van der Waals surface area contributed by atoms with Crippen molar-refractivity contribution >= 4 is 12.1 Å². The molecule has 126 valence electrons. The molecule has 2 rings (SSSR count). The Morgan fingerprint density at radius 2 is 2.09 bits per heavy atom. The summed E-state index contributed by atoms with van der Waals surface area (Å²) >= 11 is 0. The lowest BCUT2D eigenvalue weighted by Crippen LogP contribution is -2.48. The molecule has 1 aliphatic heterocycles. The number of ether oxygens (including phenoxy) is 2. The Morgan fingerprint density at radius 3 is 2.70 bits per heavy atom. The van der Waals surface area contributed by atoms with Crippen LogP contribution in [0.5, 0.6) is 5.75 Å². The number of hydrogen-bond donors (Lipinski definition) is 1. The molecular formula is C17H23NO5. The zero-order chi connectivity index (χ0) is 16.8. The molecule has 0 saturated carbocycles. The third-order valence-electron chi connectivity index (χ3n) is 3.87. The summed E-state index contributed by atoms with van der Waals surface area (Å²) in [6.45, 7) is 4.24. The molecular weight excluding hydrogens is 298 g/mol. The summed E-state index contributed by atoms with van der Waals surface area (Å²) in [5, 5.41) is 9.35. The Morgan fingerprint density at radius 1 is 1.39 bits per heavy atom. The van der Waals surface area contributed by atoms with Crippen LogP contribution < -0.4 is 0 Å². The second-order valence-corrected chi connectivity index (χ2v) is 5.57. The second kappa shape index (κ2) is 7.85. The fraction of sp³-hybridized carbons (Fsp3) is 0.529. The van der Waals surface area contributed by atoms with E-state index in [-0.39, 0.29) is 31.0 Å². The molecule has 1 amide bonds. The molecule has 6 nitrogen and oxygen atoms in total. The van der Waals surface area contributed by atoms with Crippen molar-refractivity contribution in [3.8, 4) is 5.75 Å². The van der Waals surface area contributed by atoms with Crippen LogP contribution in [0.25, 0.3) is 0 Å². The predicted molar refractivity (Wildman–Crippen MR) is 84.1 cm³/mol. The van der Waals surface area contributed by atoms with Crippen LogP contribution in [0.4, 0.5) is 4.79 Å². The van der Waals surface area contributed by atoms with Gasteiger partial charge < -0.3 is 14.6 Å². The van der Waals surface area contributed by atoms with Gasteiger partial charge in [0.1, 0.15) is 18.4 Å². The number of esters is 1. The SMILES string of the molecule is CCCC(C(=O)OCC)N1C(=O)OC[C@@H]1Cc1ccc(O)cc1. The van der Waals surface area contributed by atoms with E-state index in [1.54, 1.807) is 31.2 Å². The van der Waals surface area contributed by atoms with E-state index >= 15 is 0 Å². The Kier molecular flexibility index (Phi) is 5.84. The summed E-state index contributed by atoms with van der Waals surface area (Å²) in [6.07, 6.45) is 1.39. The summed E-state index contributed by atoms with van der Waals surface area (Å²) in [4.78, 5) is 25.8. The van der Waals surface area contributed by atoms with Crippen molar-refractivity contribution in [2.45, 2.75) is 45.2 Å². The maximum absolute atomic E-state index is 12.2. The lowest BCUT2D eigenvalue weighted by molar-refractivity contribution is -0.149. The highest BCUT2D eigenvalue weighted by molar-refractivity contribution is 5.82. The van der Waals surface area contributed by atoms with Crippen LogP contribution in [-0.2, 0) is 20.7 Å². The van der Waals surface area contributed by atoms with E-state index < -0.39 is 12.1 Å². The minimum atomic E-state index is -0.614. The van der Waals surface area contributed by atoms with Crippen LogP contribution in [0.2, 0.25) is 0 Å². The van der Waals surface area contributed by atoms with Gasteiger partial charge in [0, 0.05) is 0 Å². The molecule has 0 spiro atoms. The minimum absolute atomic E-state index is 0.194. The van der Waals surface area contributed by atoms with Crippen molar-refractivity contribution in [3.63, 3.8) is 0 Å². The van der Waals surface area contributed by atoms with E-state index in [4.69, 9.17) is 9.47 Å². The zero-order valence-corrected chi connectivity index (χ0v) is 13.5. The summed E-state index contributed by atoms with van der Waals surface area (Å²) in [5.41, 5.74) is 0.968. The number of nitrogens with zero attached hydrogens (tertiary/aromatic N) is 1. The van der Waals surface area contributed by atoms with Gasteiger partial charge in [0.25, 0.3) is 0 Å². The predicted octanol–water partition coefficient (Wildman–Crippen LogP) is 2.49. The average molecular weight is 321 g/mol. The molecule has 0 aliphatic carbocycles. The van der Waals surface area contributed by atoms with Crippen molar-refractivity contribution in [3.05, 3.63) is 29.8 Å². The monoisotopic (exact) mass is 321 g/mol. The fourth-order valence-electron chi connectivity index (χ4n) is 2.80. The third-order valence-corrected chi connectivity index (χ3v) is 3.87. The number of cyclic esters (lactones) is 1. The molecule has 1 heterocycles. The number of phenolic OH excluding ortho intramolecular Hbond substituents is 1. The molecule has 1 aromatic carbocycles. The van der Waals surface area contributed by atoms with Gasteiger partial charge >= 0.3 is 12.1 Å². The van der Waals surface area contributed by atoms with Crippen LogP contribution >= 0.6 is 0 Å². The van der Waals surface area contributed by atoms with E-state index in [1.807, 2.05) is 6.92 Å². The summed E-state index contributed by atoms with van der Waals surface area (Å²) < 4.78 is 10.3. The topological polar surface area (TPSA) is 76.1 Å². The first-order valence-corrected chi connectivity index (χ1v) is 7.96. The number of carbonyl (C=O) groups excluding carboxylic acids is 2. The van der Waals surface area contributed by atoms with Gasteiger partial charge in [-0.2, -0.15) is 0 Å². The third kappa shape index (κ3) is 4.15. The molecule has 23 heavy (non-hydrogen) atoms. The van der Waals surface area contributed by atoms with E-state index in [9.17, 15) is 14.7 Å². The molecule has 1 aromatic rings. The number of hydrogen-bond acceptors (Lipinski definition) is 5. The molecule has 0 radical (unpaired) electrons. The number of phenols is 1. The van der Waals surface area contributed by atoms with Crippen molar-refractivity contribution in [2.75, 3.05) is 13.2 Å². The molecule has 0 aromatic heterocycles. The highest BCUT2D eigenvalue weighted by Crippen LogP contribution is 2.24. The summed E-state index contributed by atoms with van der Waals surface area (Å²) in [7, 11) is 0. The summed E-state index contributed by atoms with van der Waals surface area (Å²) in [6, 6.07) is 5.98. The van der Waals surface area contributed by atoms with Crippen LogP contribution in [0.15, 0.2) is 24.3 Å². The zero-order valence-electron chi connectivity index (χ0n) is 13.5. The van der Waals surface area contributed by atoms with E-state index in [2.05, 4.69) is 0 Å². The molecule has 1 aliphatic rings. The highest BCUT2D eigenvalue weighted by atomic mass is 16.6. The molecule has 2 atom stereocenters. The van der Waals surface area contributed by atoms with E-state index in [1.165, 1.54) is 4.90 Å². The number of aromatic hydroxyl groups is 1. The van der Waals surface area contributed by atoms with Crippen molar-refractivity contribution in [2.24, 2.45) is 0 Å². The number of rotatable bonds is 7. The van der Waals surface area contributed by atoms with Crippen molar-refractivity contribution < 1.29 is 24.2 Å². The second-order valence-electron chi connectivity index (χ2n) is 5.57. The largest absolute Gasteiger partial charge is 0.508 e. The maximum atomic E-state index is 12.2. The molecule has 1 unspecified atom stereocenters.